The van der Waals surface area contributed by atoms with Crippen molar-refractivity contribution < 1.29 is 23.0 Å². The molecule has 3 aromatic rings. The average molecular weight is 401 g/mol. The number of carbonyl (C=O) groups excluding carboxylic acids is 1. The van der Waals surface area contributed by atoms with Gasteiger partial charge >= 0.3 is 0 Å². The summed E-state index contributed by atoms with van der Waals surface area (Å²) in [6.07, 6.45) is 1.54. The van der Waals surface area contributed by atoms with Gasteiger partial charge in [0.1, 0.15) is 17.5 Å². The second kappa shape index (κ2) is 8.72. The maximum absolute atomic E-state index is 13.9. The van der Waals surface area contributed by atoms with Crippen molar-refractivity contribution >= 4 is 11.7 Å². The van der Waals surface area contributed by atoms with Gasteiger partial charge in [-0.05, 0) is 49.7 Å². The van der Waals surface area contributed by atoms with Crippen molar-refractivity contribution in [2.24, 2.45) is 0 Å². The quantitative estimate of drug-likeness (QED) is 0.653. The molecule has 1 heterocycles. The Labute approximate surface area is 167 Å². The van der Waals surface area contributed by atoms with Gasteiger partial charge in [-0.15, -0.1) is 0 Å². The van der Waals surface area contributed by atoms with Crippen LogP contribution >= 0.6 is 0 Å². The highest BCUT2D eigenvalue weighted by atomic mass is 19.1. The first kappa shape index (κ1) is 20.3. The maximum Gasteiger partial charge on any atom is 0.263 e. The van der Waals surface area contributed by atoms with E-state index in [4.69, 9.17) is 9.47 Å². The summed E-state index contributed by atoms with van der Waals surface area (Å²) in [5.41, 5.74) is 1.81. The van der Waals surface area contributed by atoms with E-state index in [2.05, 4.69) is 10.4 Å². The molecule has 0 fully saturated rings. The van der Waals surface area contributed by atoms with Gasteiger partial charge in [0.25, 0.3) is 5.91 Å². The Morgan fingerprint density at radius 1 is 1.14 bits per heavy atom. The predicted octanol–water partition coefficient (Wildman–Crippen LogP) is 3.85. The van der Waals surface area contributed by atoms with Crippen molar-refractivity contribution in [3.63, 3.8) is 0 Å². The minimum atomic E-state index is -0.549. The maximum atomic E-state index is 13.9. The highest BCUT2D eigenvalue weighted by molar-refractivity contribution is 5.91. The number of aromatic nitrogens is 2. The van der Waals surface area contributed by atoms with Crippen LogP contribution < -0.4 is 14.8 Å². The molecule has 0 bridgehead atoms. The van der Waals surface area contributed by atoms with Crippen LogP contribution in [0.5, 0.6) is 11.5 Å². The lowest BCUT2D eigenvalue weighted by atomic mass is 10.2. The third-order valence-corrected chi connectivity index (χ3v) is 4.29. The second-order valence-electron chi connectivity index (χ2n) is 6.56. The molecule has 152 valence electrons. The fourth-order valence-electron chi connectivity index (χ4n) is 2.79. The normalized spacial score (nSPS) is 10.7. The highest BCUT2D eigenvalue weighted by Crippen LogP contribution is 2.27. The van der Waals surface area contributed by atoms with Crippen molar-refractivity contribution in [1.29, 1.82) is 0 Å². The molecule has 0 saturated carbocycles. The first-order valence-electron chi connectivity index (χ1n) is 8.91. The number of amides is 1. The van der Waals surface area contributed by atoms with E-state index in [9.17, 15) is 13.6 Å². The number of halogens is 2. The number of anilines is 1. The molecule has 3 rings (SSSR count). The van der Waals surface area contributed by atoms with Crippen LogP contribution in [0, 0.1) is 25.5 Å². The smallest absolute Gasteiger partial charge is 0.263 e. The predicted molar refractivity (Wildman–Crippen MR) is 104 cm³/mol. The average Bonchev–Trinajstić information content (AvgIpc) is 3.03. The summed E-state index contributed by atoms with van der Waals surface area (Å²) >= 11 is 0. The molecule has 0 unspecified atom stereocenters. The van der Waals surface area contributed by atoms with Crippen LogP contribution in [0.1, 0.15) is 16.7 Å². The molecule has 0 radical (unpaired) electrons. The molecule has 2 aromatic carbocycles. The largest absolute Gasteiger partial charge is 0.493 e. The Morgan fingerprint density at radius 2 is 1.93 bits per heavy atom. The summed E-state index contributed by atoms with van der Waals surface area (Å²) in [7, 11) is 1.52. The molecule has 1 amide bonds. The number of nitrogens with one attached hydrogen (secondary N) is 1. The lowest BCUT2D eigenvalue weighted by molar-refractivity contribution is -0.118. The summed E-state index contributed by atoms with van der Waals surface area (Å²) in [6, 6.07) is 8.59. The van der Waals surface area contributed by atoms with Crippen molar-refractivity contribution in [1.82, 2.24) is 9.78 Å². The van der Waals surface area contributed by atoms with Crippen molar-refractivity contribution in [3.8, 4) is 11.5 Å². The summed E-state index contributed by atoms with van der Waals surface area (Å²) in [6.45, 7) is 3.40. The highest BCUT2D eigenvalue weighted by Gasteiger charge is 2.15. The molecule has 6 nitrogen and oxygen atoms in total. The number of rotatable bonds is 7. The molecule has 0 aliphatic heterocycles. The molecule has 0 saturated heterocycles. The summed E-state index contributed by atoms with van der Waals surface area (Å²) in [5, 5.41) is 6.85. The second-order valence-corrected chi connectivity index (χ2v) is 6.56. The molecule has 0 atom stereocenters. The third kappa shape index (κ3) is 4.90. The number of carbonyl (C=O) groups is 1. The van der Waals surface area contributed by atoms with Crippen LogP contribution in [0.15, 0.2) is 42.6 Å². The number of ether oxygens (including phenoxy) is 2. The van der Waals surface area contributed by atoms with Crippen molar-refractivity contribution in [2.45, 2.75) is 20.4 Å². The summed E-state index contributed by atoms with van der Waals surface area (Å²) < 4.78 is 39.6. The number of hydrogen-bond donors (Lipinski definition) is 1. The Bertz CT molecular complexity index is 1030. The lowest BCUT2D eigenvalue weighted by Gasteiger charge is -2.13. The van der Waals surface area contributed by atoms with Crippen LogP contribution in [0.3, 0.4) is 0 Å². The standard InChI is InChI=1S/C21H21F2N3O3/c1-13-4-7-18(19(8-13)28-3)29-12-20(27)25-21-14(2)10-24-26(21)11-15-9-16(22)5-6-17(15)23/h4-10H,11-12H2,1-3H3,(H,25,27). The summed E-state index contributed by atoms with van der Waals surface area (Å²) in [5.74, 6) is -0.154. The first-order chi connectivity index (χ1) is 13.9. The van der Waals surface area contributed by atoms with E-state index >= 15 is 0 Å². The van der Waals surface area contributed by atoms with E-state index in [1.165, 1.54) is 18.0 Å². The van der Waals surface area contributed by atoms with Gasteiger partial charge in [-0.1, -0.05) is 6.07 Å². The van der Waals surface area contributed by atoms with E-state index in [1.807, 2.05) is 13.0 Å². The van der Waals surface area contributed by atoms with Gasteiger partial charge in [-0.25, -0.2) is 13.5 Å². The topological polar surface area (TPSA) is 65.4 Å². The van der Waals surface area contributed by atoms with E-state index in [0.29, 0.717) is 22.9 Å². The summed E-state index contributed by atoms with van der Waals surface area (Å²) in [4.78, 5) is 12.4. The number of benzene rings is 2. The molecular formula is C21H21F2N3O3. The minimum absolute atomic E-state index is 0.0281. The van der Waals surface area contributed by atoms with Gasteiger partial charge in [0.15, 0.2) is 18.1 Å². The van der Waals surface area contributed by atoms with Crippen molar-refractivity contribution in [2.75, 3.05) is 19.0 Å². The van der Waals surface area contributed by atoms with E-state index in [0.717, 1.165) is 23.8 Å². The molecule has 0 aliphatic rings. The van der Waals surface area contributed by atoms with E-state index in [-0.39, 0.29) is 18.7 Å². The fourth-order valence-corrected chi connectivity index (χ4v) is 2.79. The Hall–Kier alpha value is -3.42. The van der Waals surface area contributed by atoms with Gasteiger partial charge < -0.3 is 14.8 Å². The van der Waals surface area contributed by atoms with Crippen LogP contribution in [0.25, 0.3) is 0 Å². The fraction of sp³-hybridized carbons (Fsp3) is 0.238. The van der Waals surface area contributed by atoms with E-state index < -0.39 is 17.5 Å². The van der Waals surface area contributed by atoms with Gasteiger partial charge in [-0.3, -0.25) is 4.79 Å². The Kier molecular flexibility index (Phi) is 6.11. The van der Waals surface area contributed by atoms with Gasteiger partial charge in [0.05, 0.1) is 19.9 Å². The number of nitrogens with zero attached hydrogens (tertiary/aromatic N) is 2. The molecule has 0 aliphatic carbocycles. The van der Waals surface area contributed by atoms with Gasteiger partial charge in [0, 0.05) is 11.1 Å². The molecule has 0 spiro atoms. The molecule has 1 N–H and O–H groups in total. The zero-order valence-electron chi connectivity index (χ0n) is 16.3. The van der Waals surface area contributed by atoms with Gasteiger partial charge in [0.2, 0.25) is 0 Å². The Balaban J connectivity index is 1.70. The zero-order valence-corrected chi connectivity index (χ0v) is 16.3. The van der Waals surface area contributed by atoms with Crippen LogP contribution in [-0.2, 0) is 11.3 Å². The van der Waals surface area contributed by atoms with Crippen LogP contribution in [0.4, 0.5) is 14.6 Å². The number of hydrogen-bond acceptors (Lipinski definition) is 4. The third-order valence-electron chi connectivity index (χ3n) is 4.29. The lowest BCUT2D eigenvalue weighted by Crippen LogP contribution is -2.23. The minimum Gasteiger partial charge on any atom is -0.493 e. The van der Waals surface area contributed by atoms with Gasteiger partial charge in [-0.2, -0.15) is 5.10 Å². The SMILES string of the molecule is COc1cc(C)ccc1OCC(=O)Nc1c(C)cnn1Cc1cc(F)ccc1F. The molecular weight excluding hydrogens is 380 g/mol. The first-order valence-corrected chi connectivity index (χ1v) is 8.91. The molecule has 1 aromatic heterocycles. The number of aryl methyl sites for hydroxylation is 2. The van der Waals surface area contributed by atoms with E-state index in [1.54, 1.807) is 19.1 Å². The monoisotopic (exact) mass is 401 g/mol. The zero-order chi connectivity index (χ0) is 21.0. The van der Waals surface area contributed by atoms with Crippen LogP contribution in [0.2, 0.25) is 0 Å². The molecule has 29 heavy (non-hydrogen) atoms. The van der Waals surface area contributed by atoms with Crippen molar-refractivity contribution in [3.05, 3.63) is 70.9 Å². The molecule has 8 heteroatoms. The van der Waals surface area contributed by atoms with Crippen LogP contribution in [-0.4, -0.2) is 29.4 Å². The number of methoxy groups -OCH3 is 1. The Morgan fingerprint density at radius 3 is 2.69 bits per heavy atom.